The van der Waals surface area contributed by atoms with Crippen LogP contribution in [0.5, 0.6) is 0 Å². The Labute approximate surface area is 200 Å². The van der Waals surface area contributed by atoms with Gasteiger partial charge in [-0.25, -0.2) is 4.79 Å². The molecule has 0 spiro atoms. The first kappa shape index (κ1) is 23.8. The zero-order valence-electron chi connectivity index (χ0n) is 20.1. The van der Waals surface area contributed by atoms with E-state index in [-0.39, 0.29) is 25.0 Å². The number of aliphatic carboxylic acids is 1. The van der Waals surface area contributed by atoms with Gasteiger partial charge in [-0.05, 0) is 41.0 Å². The second-order valence-electron chi connectivity index (χ2n) is 10.6. The summed E-state index contributed by atoms with van der Waals surface area (Å²) in [5, 5.41) is 12.3. The Kier molecular flexibility index (Phi) is 6.14. The van der Waals surface area contributed by atoms with Crippen molar-refractivity contribution in [3.05, 3.63) is 59.7 Å². The van der Waals surface area contributed by atoms with E-state index in [1.165, 1.54) is 4.90 Å². The molecule has 2 aliphatic rings. The van der Waals surface area contributed by atoms with Gasteiger partial charge in [-0.2, -0.15) is 0 Å². The van der Waals surface area contributed by atoms with Gasteiger partial charge in [0.2, 0.25) is 5.91 Å². The van der Waals surface area contributed by atoms with Crippen LogP contribution in [0.25, 0.3) is 11.1 Å². The normalized spacial score (nSPS) is 20.4. The van der Waals surface area contributed by atoms with Crippen LogP contribution in [0.2, 0.25) is 0 Å². The van der Waals surface area contributed by atoms with Crippen LogP contribution in [0.1, 0.15) is 51.2 Å². The highest BCUT2D eigenvalue weighted by molar-refractivity contribution is 5.88. The van der Waals surface area contributed by atoms with Crippen molar-refractivity contribution in [1.29, 1.82) is 0 Å². The average Bonchev–Trinajstić information content (AvgIpc) is 3.34. The number of nitrogens with one attached hydrogen (secondary N) is 1. The molecule has 0 aromatic heterocycles. The molecule has 2 atom stereocenters. The Bertz CT molecular complexity index is 1080. The molecule has 1 aliphatic carbocycles. The van der Waals surface area contributed by atoms with Gasteiger partial charge in [0.1, 0.15) is 12.6 Å². The summed E-state index contributed by atoms with van der Waals surface area (Å²) in [7, 11) is 0. The largest absolute Gasteiger partial charge is 0.481 e. The highest BCUT2D eigenvalue weighted by atomic mass is 16.5. The average molecular weight is 465 g/mol. The molecule has 2 aromatic carbocycles. The van der Waals surface area contributed by atoms with Crippen LogP contribution in [-0.4, -0.2) is 53.7 Å². The number of amides is 2. The Balaban J connectivity index is 1.45. The number of hydrogen-bond acceptors (Lipinski definition) is 4. The van der Waals surface area contributed by atoms with E-state index in [1.807, 2.05) is 45.0 Å². The number of carboxylic acid groups (broad SMARTS) is 1. The third kappa shape index (κ3) is 4.39. The van der Waals surface area contributed by atoms with Crippen LogP contribution in [-0.2, 0) is 14.3 Å². The molecule has 2 aromatic rings. The molecule has 1 heterocycles. The lowest BCUT2D eigenvalue weighted by atomic mass is 9.85. The Morgan fingerprint density at radius 1 is 1.09 bits per heavy atom. The van der Waals surface area contributed by atoms with Crippen molar-refractivity contribution in [2.24, 2.45) is 10.8 Å². The number of carbonyl (C=O) groups is 3. The zero-order chi connectivity index (χ0) is 24.7. The van der Waals surface area contributed by atoms with Crippen molar-refractivity contribution < 1.29 is 24.2 Å². The molecular weight excluding hydrogens is 432 g/mol. The van der Waals surface area contributed by atoms with Crippen LogP contribution in [0.3, 0.4) is 0 Å². The topological polar surface area (TPSA) is 95.9 Å². The van der Waals surface area contributed by atoms with Gasteiger partial charge in [-0.1, -0.05) is 69.3 Å². The number of fused-ring (bicyclic) bond motifs is 3. The SMILES string of the molecule is CC1(C(=O)O)CCN(C(=O)[C@@H](NC(=O)OCC2c3ccccc3-c3ccccc32)C(C)(C)C)C1. The minimum atomic E-state index is -0.970. The van der Waals surface area contributed by atoms with Gasteiger partial charge in [-0.3, -0.25) is 9.59 Å². The first-order valence-electron chi connectivity index (χ1n) is 11.6. The van der Waals surface area contributed by atoms with E-state index in [9.17, 15) is 19.5 Å². The molecule has 1 aliphatic heterocycles. The molecule has 34 heavy (non-hydrogen) atoms. The summed E-state index contributed by atoms with van der Waals surface area (Å²) in [4.78, 5) is 39.3. The van der Waals surface area contributed by atoms with E-state index < -0.39 is 28.9 Å². The standard InChI is InChI=1S/C27H32N2O5/c1-26(2,3)22(23(30)29-14-13-27(4,16-29)24(31)32)28-25(33)34-15-21-19-11-7-5-9-17(19)18-10-6-8-12-20(18)21/h5-12,21-22H,13-16H2,1-4H3,(H,28,33)(H,31,32)/t22-,27?/m1/s1. The van der Waals surface area contributed by atoms with Gasteiger partial charge in [0, 0.05) is 19.0 Å². The Morgan fingerprint density at radius 2 is 1.65 bits per heavy atom. The number of likely N-dealkylation sites (tertiary alicyclic amines) is 1. The van der Waals surface area contributed by atoms with E-state index in [2.05, 4.69) is 29.6 Å². The first-order valence-corrected chi connectivity index (χ1v) is 11.6. The van der Waals surface area contributed by atoms with Crippen LogP contribution >= 0.6 is 0 Å². The van der Waals surface area contributed by atoms with E-state index in [4.69, 9.17) is 4.74 Å². The van der Waals surface area contributed by atoms with Gasteiger partial charge in [0.15, 0.2) is 0 Å². The number of benzene rings is 2. The molecule has 2 N–H and O–H groups in total. The summed E-state index contributed by atoms with van der Waals surface area (Å²) < 4.78 is 5.64. The minimum Gasteiger partial charge on any atom is -0.481 e. The minimum absolute atomic E-state index is 0.0724. The maximum Gasteiger partial charge on any atom is 0.407 e. The molecule has 7 nitrogen and oxygen atoms in total. The molecule has 4 rings (SSSR count). The van der Waals surface area contributed by atoms with Gasteiger partial charge < -0.3 is 20.1 Å². The van der Waals surface area contributed by atoms with Crippen LogP contribution in [0, 0.1) is 10.8 Å². The van der Waals surface area contributed by atoms with Gasteiger partial charge in [0.05, 0.1) is 5.41 Å². The molecule has 1 saturated heterocycles. The predicted molar refractivity (Wildman–Crippen MR) is 128 cm³/mol. The second kappa shape index (κ2) is 8.78. The van der Waals surface area contributed by atoms with Crippen LogP contribution in [0.4, 0.5) is 4.79 Å². The smallest absolute Gasteiger partial charge is 0.407 e. The monoisotopic (exact) mass is 464 g/mol. The number of nitrogens with zero attached hydrogens (tertiary/aromatic N) is 1. The number of carbonyl (C=O) groups excluding carboxylic acids is 2. The summed E-state index contributed by atoms with van der Waals surface area (Å²) >= 11 is 0. The second-order valence-corrected chi connectivity index (χ2v) is 10.6. The van der Waals surface area contributed by atoms with E-state index in [0.29, 0.717) is 13.0 Å². The number of ether oxygens (including phenoxy) is 1. The number of rotatable bonds is 5. The fourth-order valence-corrected chi connectivity index (χ4v) is 4.91. The molecule has 1 fully saturated rings. The number of hydrogen-bond donors (Lipinski definition) is 2. The van der Waals surface area contributed by atoms with E-state index >= 15 is 0 Å². The van der Waals surface area contributed by atoms with Crippen molar-refractivity contribution in [1.82, 2.24) is 10.2 Å². The zero-order valence-corrected chi connectivity index (χ0v) is 20.1. The molecule has 0 bridgehead atoms. The van der Waals surface area contributed by atoms with Crippen molar-refractivity contribution in [3.8, 4) is 11.1 Å². The number of carboxylic acids is 1. The molecule has 0 saturated carbocycles. The molecule has 7 heteroatoms. The molecule has 0 radical (unpaired) electrons. The summed E-state index contributed by atoms with van der Waals surface area (Å²) in [6.07, 6.45) is -0.272. The van der Waals surface area contributed by atoms with Crippen molar-refractivity contribution in [2.45, 2.75) is 46.1 Å². The van der Waals surface area contributed by atoms with E-state index in [1.54, 1.807) is 6.92 Å². The fraction of sp³-hybridized carbons (Fsp3) is 0.444. The predicted octanol–water partition coefficient (Wildman–Crippen LogP) is 4.26. The summed E-state index contributed by atoms with van der Waals surface area (Å²) in [6.45, 7) is 7.88. The first-order chi connectivity index (χ1) is 16.0. The van der Waals surface area contributed by atoms with Crippen LogP contribution in [0.15, 0.2) is 48.5 Å². The molecule has 2 amide bonds. The van der Waals surface area contributed by atoms with Gasteiger partial charge in [-0.15, -0.1) is 0 Å². The van der Waals surface area contributed by atoms with Crippen LogP contribution < -0.4 is 5.32 Å². The summed E-state index contributed by atoms with van der Waals surface area (Å²) in [5.74, 6) is -1.28. The highest BCUT2D eigenvalue weighted by Gasteiger charge is 2.45. The lowest BCUT2D eigenvalue weighted by Gasteiger charge is -2.33. The number of alkyl carbamates (subject to hydrolysis) is 1. The van der Waals surface area contributed by atoms with Crippen molar-refractivity contribution in [2.75, 3.05) is 19.7 Å². The third-order valence-electron chi connectivity index (χ3n) is 7.02. The summed E-state index contributed by atoms with van der Waals surface area (Å²) in [5.41, 5.74) is 2.97. The molecular formula is C27H32N2O5. The Hall–Kier alpha value is -3.35. The van der Waals surface area contributed by atoms with Crippen molar-refractivity contribution in [3.63, 3.8) is 0 Å². The highest BCUT2D eigenvalue weighted by Crippen LogP contribution is 2.44. The lowest BCUT2D eigenvalue weighted by molar-refractivity contribution is -0.147. The van der Waals surface area contributed by atoms with Crippen molar-refractivity contribution >= 4 is 18.0 Å². The molecule has 180 valence electrons. The van der Waals surface area contributed by atoms with E-state index in [0.717, 1.165) is 22.3 Å². The molecule has 1 unspecified atom stereocenters. The quantitative estimate of drug-likeness (QED) is 0.689. The third-order valence-corrected chi connectivity index (χ3v) is 7.02. The van der Waals surface area contributed by atoms with Gasteiger partial charge >= 0.3 is 12.1 Å². The lowest BCUT2D eigenvalue weighted by Crippen LogP contribution is -2.54. The summed E-state index contributed by atoms with van der Waals surface area (Å²) in [6, 6.07) is 15.4. The maximum atomic E-state index is 13.3. The fourth-order valence-electron chi connectivity index (χ4n) is 4.91. The Morgan fingerprint density at radius 3 is 2.15 bits per heavy atom. The van der Waals surface area contributed by atoms with Gasteiger partial charge in [0.25, 0.3) is 0 Å². The maximum absolute atomic E-state index is 13.3.